The number of thiophene rings is 1. The Morgan fingerprint density at radius 2 is 2.00 bits per heavy atom. The largest absolute Gasteiger partial charge is 0.452 e. The lowest BCUT2D eigenvalue weighted by molar-refractivity contribution is -0.124. The van der Waals surface area contributed by atoms with Gasteiger partial charge in [-0.15, -0.1) is 11.3 Å². The van der Waals surface area contributed by atoms with Crippen molar-refractivity contribution < 1.29 is 23.9 Å². The number of ether oxygens (including phenoxy) is 2. The molecule has 0 saturated heterocycles. The molecule has 0 spiro atoms. The molecule has 2 rings (SSSR count). The fourth-order valence-electron chi connectivity index (χ4n) is 1.88. The van der Waals surface area contributed by atoms with Gasteiger partial charge in [-0.05, 0) is 29.6 Å². The zero-order valence-corrected chi connectivity index (χ0v) is 14.4. The van der Waals surface area contributed by atoms with Crippen molar-refractivity contribution in [3.05, 3.63) is 52.2 Å². The van der Waals surface area contributed by atoms with Gasteiger partial charge in [-0.2, -0.15) is 0 Å². The average Bonchev–Trinajstić information content (AvgIpc) is 3.15. The van der Waals surface area contributed by atoms with Gasteiger partial charge in [-0.3, -0.25) is 9.59 Å². The van der Waals surface area contributed by atoms with Crippen molar-refractivity contribution in [3.8, 4) is 0 Å². The summed E-state index contributed by atoms with van der Waals surface area (Å²) in [5.74, 6) is -1.31. The maximum atomic E-state index is 12.0. The predicted octanol–water partition coefficient (Wildman–Crippen LogP) is 1.92. The zero-order chi connectivity index (χ0) is 18.1. The van der Waals surface area contributed by atoms with Crippen LogP contribution in [0.3, 0.4) is 0 Å². The van der Waals surface area contributed by atoms with Crippen LogP contribution in [0, 0.1) is 0 Å². The van der Waals surface area contributed by atoms with Crippen molar-refractivity contribution in [1.29, 1.82) is 0 Å². The van der Waals surface area contributed by atoms with E-state index in [-0.39, 0.29) is 18.1 Å². The molecule has 2 amide bonds. The smallest absolute Gasteiger partial charge is 0.338 e. The van der Waals surface area contributed by atoms with Gasteiger partial charge < -0.3 is 20.1 Å². The Bertz CT molecular complexity index is 730. The van der Waals surface area contributed by atoms with Gasteiger partial charge in [0.25, 0.3) is 11.8 Å². The normalized spacial score (nSPS) is 10.1. The SMILES string of the molecule is COCCNC(=O)COC(=O)c1cccc(NC(=O)c2cccs2)c1. The number of nitrogens with one attached hydrogen (secondary N) is 2. The number of hydrogen-bond acceptors (Lipinski definition) is 6. The number of rotatable bonds is 8. The van der Waals surface area contributed by atoms with Gasteiger partial charge in [0.1, 0.15) is 0 Å². The number of anilines is 1. The molecule has 0 unspecified atom stereocenters. The number of esters is 1. The lowest BCUT2D eigenvalue weighted by Gasteiger charge is -2.08. The van der Waals surface area contributed by atoms with Gasteiger partial charge in [0.15, 0.2) is 6.61 Å². The van der Waals surface area contributed by atoms with Crippen molar-refractivity contribution in [2.45, 2.75) is 0 Å². The van der Waals surface area contributed by atoms with Crippen molar-refractivity contribution in [2.24, 2.45) is 0 Å². The molecule has 132 valence electrons. The Morgan fingerprint density at radius 3 is 2.72 bits per heavy atom. The highest BCUT2D eigenvalue weighted by molar-refractivity contribution is 7.12. The van der Waals surface area contributed by atoms with Crippen molar-refractivity contribution in [1.82, 2.24) is 5.32 Å². The Balaban J connectivity index is 1.88. The second kappa shape index (κ2) is 9.55. The maximum absolute atomic E-state index is 12.0. The van der Waals surface area contributed by atoms with Crippen LogP contribution in [0.1, 0.15) is 20.0 Å². The van der Waals surface area contributed by atoms with Crippen LogP contribution in [-0.4, -0.2) is 44.7 Å². The molecule has 1 aromatic carbocycles. The third-order valence-electron chi connectivity index (χ3n) is 3.06. The van der Waals surface area contributed by atoms with E-state index in [1.807, 2.05) is 0 Å². The summed E-state index contributed by atoms with van der Waals surface area (Å²) in [6.07, 6.45) is 0. The van der Waals surface area contributed by atoms with Crippen molar-refractivity contribution in [2.75, 3.05) is 32.2 Å². The molecule has 2 N–H and O–H groups in total. The summed E-state index contributed by atoms with van der Waals surface area (Å²) < 4.78 is 9.75. The number of carbonyl (C=O) groups excluding carboxylic acids is 3. The molecule has 1 heterocycles. The minimum atomic E-state index is -0.644. The van der Waals surface area contributed by atoms with E-state index in [1.165, 1.54) is 24.5 Å². The summed E-state index contributed by atoms with van der Waals surface area (Å²) in [5.41, 5.74) is 0.714. The number of benzene rings is 1. The topological polar surface area (TPSA) is 93.7 Å². The summed E-state index contributed by atoms with van der Waals surface area (Å²) in [7, 11) is 1.52. The van der Waals surface area contributed by atoms with E-state index in [0.717, 1.165) is 0 Å². The number of hydrogen-bond donors (Lipinski definition) is 2. The summed E-state index contributed by atoms with van der Waals surface area (Å²) in [6, 6.07) is 9.83. The van der Waals surface area contributed by atoms with Crippen molar-refractivity contribution in [3.63, 3.8) is 0 Å². The van der Waals surface area contributed by atoms with E-state index in [4.69, 9.17) is 9.47 Å². The van der Waals surface area contributed by atoms with Gasteiger partial charge in [-0.1, -0.05) is 12.1 Å². The second-order valence-electron chi connectivity index (χ2n) is 4.93. The Morgan fingerprint density at radius 1 is 1.16 bits per heavy atom. The minimum absolute atomic E-state index is 0.244. The number of methoxy groups -OCH3 is 1. The van der Waals surface area contributed by atoms with E-state index in [2.05, 4.69) is 10.6 Å². The van der Waals surface area contributed by atoms with E-state index in [9.17, 15) is 14.4 Å². The molecule has 7 nitrogen and oxygen atoms in total. The first-order chi connectivity index (χ1) is 12.1. The summed E-state index contributed by atoms with van der Waals surface area (Å²) in [4.78, 5) is 36.1. The van der Waals surface area contributed by atoms with Crippen LogP contribution in [0.2, 0.25) is 0 Å². The fraction of sp³-hybridized carbons (Fsp3) is 0.235. The molecule has 1 aromatic heterocycles. The molecule has 0 fully saturated rings. The van der Waals surface area contributed by atoms with Crippen LogP contribution in [0.5, 0.6) is 0 Å². The summed E-state index contributed by atoms with van der Waals surface area (Å²) in [6.45, 7) is 0.344. The van der Waals surface area contributed by atoms with Gasteiger partial charge in [-0.25, -0.2) is 4.79 Å². The molecule has 2 aromatic rings. The first-order valence-corrected chi connectivity index (χ1v) is 8.36. The van der Waals surface area contributed by atoms with Gasteiger partial charge in [0.05, 0.1) is 17.0 Å². The number of carbonyl (C=O) groups is 3. The van der Waals surface area contributed by atoms with Gasteiger partial charge in [0, 0.05) is 19.3 Å². The maximum Gasteiger partial charge on any atom is 0.338 e. The highest BCUT2D eigenvalue weighted by Crippen LogP contribution is 2.15. The number of amides is 2. The Labute approximate surface area is 148 Å². The molecule has 0 saturated carbocycles. The van der Waals surface area contributed by atoms with Gasteiger partial charge >= 0.3 is 5.97 Å². The summed E-state index contributed by atoms with van der Waals surface area (Å²) >= 11 is 1.32. The first-order valence-electron chi connectivity index (χ1n) is 7.48. The molecular formula is C17H18N2O5S. The molecular weight excluding hydrogens is 344 g/mol. The zero-order valence-electron chi connectivity index (χ0n) is 13.6. The highest BCUT2D eigenvalue weighted by atomic mass is 32.1. The Hall–Kier alpha value is -2.71. The molecule has 0 aliphatic carbocycles. The lowest BCUT2D eigenvalue weighted by atomic mass is 10.2. The molecule has 25 heavy (non-hydrogen) atoms. The van der Waals surface area contributed by atoms with E-state index < -0.39 is 11.9 Å². The minimum Gasteiger partial charge on any atom is -0.452 e. The molecule has 0 bridgehead atoms. The molecule has 0 aliphatic heterocycles. The molecule has 0 radical (unpaired) electrons. The van der Waals surface area contributed by atoms with Crippen LogP contribution >= 0.6 is 11.3 Å². The lowest BCUT2D eigenvalue weighted by Crippen LogP contribution is -2.31. The van der Waals surface area contributed by atoms with Crippen LogP contribution < -0.4 is 10.6 Å². The first kappa shape index (κ1) is 18.6. The van der Waals surface area contributed by atoms with Gasteiger partial charge in [0.2, 0.25) is 0 Å². The fourth-order valence-corrected chi connectivity index (χ4v) is 2.50. The van der Waals surface area contributed by atoms with E-state index in [1.54, 1.807) is 35.7 Å². The summed E-state index contributed by atoms with van der Waals surface area (Å²) in [5, 5.41) is 7.06. The molecule has 8 heteroatoms. The third kappa shape index (κ3) is 6.02. The van der Waals surface area contributed by atoms with Crippen LogP contribution in [0.15, 0.2) is 41.8 Å². The third-order valence-corrected chi connectivity index (χ3v) is 3.93. The monoisotopic (exact) mass is 362 g/mol. The quantitative estimate of drug-likeness (QED) is 0.553. The van der Waals surface area contributed by atoms with Crippen LogP contribution in [0.25, 0.3) is 0 Å². The van der Waals surface area contributed by atoms with E-state index >= 15 is 0 Å². The molecule has 0 atom stereocenters. The highest BCUT2D eigenvalue weighted by Gasteiger charge is 2.12. The predicted molar refractivity (Wildman–Crippen MR) is 93.9 cm³/mol. The van der Waals surface area contributed by atoms with Crippen LogP contribution in [0.4, 0.5) is 5.69 Å². The Kier molecular flexibility index (Phi) is 7.12. The van der Waals surface area contributed by atoms with Crippen LogP contribution in [-0.2, 0) is 14.3 Å². The molecule has 0 aliphatic rings. The van der Waals surface area contributed by atoms with E-state index in [0.29, 0.717) is 23.7 Å². The standard InChI is InChI=1S/C17H18N2O5S/c1-23-8-7-18-15(20)11-24-17(22)12-4-2-5-13(10-12)19-16(21)14-6-3-9-25-14/h2-6,9-10H,7-8,11H2,1H3,(H,18,20)(H,19,21). The average molecular weight is 362 g/mol. The van der Waals surface area contributed by atoms with Crippen molar-refractivity contribution >= 4 is 34.8 Å². The second-order valence-corrected chi connectivity index (χ2v) is 5.88.